The summed E-state index contributed by atoms with van der Waals surface area (Å²) < 4.78 is 35.9. The van der Waals surface area contributed by atoms with Crippen molar-refractivity contribution in [3.05, 3.63) is 106 Å². The van der Waals surface area contributed by atoms with Gasteiger partial charge in [-0.05, 0) is 49.8 Å². The largest absolute Gasteiger partial charge is 0.413 e. The van der Waals surface area contributed by atoms with Gasteiger partial charge in [0.25, 0.3) is 5.69 Å². The van der Waals surface area contributed by atoms with Crippen LogP contribution in [0.25, 0.3) is 0 Å². The van der Waals surface area contributed by atoms with Crippen molar-refractivity contribution in [2.45, 2.75) is 49.2 Å². The minimum absolute atomic E-state index is 0.156. The van der Waals surface area contributed by atoms with E-state index >= 15 is 0 Å². The molecule has 0 radical (unpaired) electrons. The van der Waals surface area contributed by atoms with Gasteiger partial charge in [0.2, 0.25) is 10.0 Å². The molecule has 0 aliphatic rings. The molecule has 10 heteroatoms. The maximum absolute atomic E-state index is 13.5. The Bertz CT molecular complexity index is 1210. The number of hydrogen-bond acceptors (Lipinski definition) is 6. The molecule has 0 aromatic heterocycles. The molecule has 186 valence electrons. The first-order valence-electron chi connectivity index (χ1n) is 11.1. The first-order valence-corrected chi connectivity index (χ1v) is 16.0. The third kappa shape index (κ3) is 6.22. The molecule has 35 heavy (non-hydrogen) atoms. The van der Waals surface area contributed by atoms with Gasteiger partial charge in [0.15, 0.2) is 8.32 Å². The van der Waals surface area contributed by atoms with Crippen molar-refractivity contribution in [2.75, 3.05) is 0 Å². The fourth-order valence-corrected chi connectivity index (χ4v) is 6.62. The smallest absolute Gasteiger partial charge is 0.269 e. The molecule has 0 aliphatic carbocycles. The maximum Gasteiger partial charge on any atom is 0.269 e. The van der Waals surface area contributed by atoms with Crippen LogP contribution in [0.4, 0.5) is 5.69 Å². The summed E-state index contributed by atoms with van der Waals surface area (Å²) >= 11 is 0. The molecule has 0 amide bonds. The standard InChI is InChI=1S/C25H30N2O6SSi/c1-19(33-35(2,3)4)24(26-34(31,32)23-17-15-22(16-18-23)27(29)30)25(28,20-11-7-5-8-12-20)21-13-9-6-10-14-21/h5-19,24,26,28H,1-4H3. The fourth-order valence-electron chi connectivity index (χ4n) is 4.04. The highest BCUT2D eigenvalue weighted by atomic mass is 32.2. The molecule has 2 unspecified atom stereocenters. The monoisotopic (exact) mass is 514 g/mol. The van der Waals surface area contributed by atoms with Crippen molar-refractivity contribution in [1.29, 1.82) is 0 Å². The molecular weight excluding hydrogens is 484 g/mol. The Morgan fingerprint density at radius 1 is 0.914 bits per heavy atom. The Morgan fingerprint density at radius 2 is 1.37 bits per heavy atom. The SMILES string of the molecule is CC(O[Si](C)(C)C)C(NS(=O)(=O)c1ccc([N+](=O)[O-])cc1)C(O)(c1ccccc1)c1ccccc1. The van der Waals surface area contributed by atoms with Gasteiger partial charge in [-0.3, -0.25) is 10.1 Å². The van der Waals surface area contributed by atoms with Gasteiger partial charge in [-0.2, -0.15) is 0 Å². The summed E-state index contributed by atoms with van der Waals surface area (Å²) in [5.41, 5.74) is -1.02. The second kappa shape index (κ2) is 10.4. The number of nitro groups is 1. The normalized spacial score (nSPS) is 14.3. The van der Waals surface area contributed by atoms with Crippen LogP contribution in [0.3, 0.4) is 0 Å². The van der Waals surface area contributed by atoms with E-state index in [-0.39, 0.29) is 10.6 Å². The molecule has 3 aromatic carbocycles. The predicted molar refractivity (Wildman–Crippen MR) is 137 cm³/mol. The van der Waals surface area contributed by atoms with Crippen LogP contribution in [-0.2, 0) is 20.1 Å². The summed E-state index contributed by atoms with van der Waals surface area (Å²) in [6, 6.07) is 21.1. The van der Waals surface area contributed by atoms with Crippen LogP contribution in [0.5, 0.6) is 0 Å². The Kier molecular flexibility index (Phi) is 7.92. The number of hydrogen-bond donors (Lipinski definition) is 2. The van der Waals surface area contributed by atoms with Crippen LogP contribution in [0.1, 0.15) is 18.1 Å². The lowest BCUT2D eigenvalue weighted by Crippen LogP contribution is -2.58. The van der Waals surface area contributed by atoms with Crippen molar-refractivity contribution in [2.24, 2.45) is 0 Å². The van der Waals surface area contributed by atoms with Gasteiger partial charge in [-0.1, -0.05) is 60.7 Å². The van der Waals surface area contributed by atoms with E-state index in [0.29, 0.717) is 11.1 Å². The molecule has 3 rings (SSSR count). The third-order valence-corrected chi connectivity index (χ3v) is 8.06. The molecule has 0 bridgehead atoms. The molecular formula is C25H30N2O6SSi. The first-order chi connectivity index (χ1) is 16.3. The van der Waals surface area contributed by atoms with Crippen molar-refractivity contribution in [3.63, 3.8) is 0 Å². The van der Waals surface area contributed by atoms with E-state index in [1.807, 2.05) is 31.8 Å². The third-order valence-electron chi connectivity index (χ3n) is 5.53. The lowest BCUT2D eigenvalue weighted by Gasteiger charge is -2.42. The Balaban J connectivity index is 2.16. The molecule has 2 N–H and O–H groups in total. The van der Waals surface area contributed by atoms with Gasteiger partial charge < -0.3 is 9.53 Å². The number of nitro benzene ring substituents is 1. The highest BCUT2D eigenvalue weighted by molar-refractivity contribution is 7.89. The number of rotatable bonds is 10. The zero-order chi connectivity index (χ0) is 25.9. The highest BCUT2D eigenvalue weighted by Gasteiger charge is 2.46. The van der Waals surface area contributed by atoms with Gasteiger partial charge in [0.05, 0.1) is 22.0 Å². The van der Waals surface area contributed by atoms with E-state index in [1.165, 1.54) is 12.1 Å². The topological polar surface area (TPSA) is 119 Å². The van der Waals surface area contributed by atoms with Gasteiger partial charge >= 0.3 is 0 Å². The summed E-state index contributed by atoms with van der Waals surface area (Å²) in [5, 5.41) is 23.3. The maximum atomic E-state index is 13.5. The van der Waals surface area contributed by atoms with E-state index in [1.54, 1.807) is 55.5 Å². The Hall–Kier alpha value is -2.89. The van der Waals surface area contributed by atoms with Crippen LogP contribution in [-0.4, -0.2) is 38.9 Å². The van der Waals surface area contributed by atoms with Crippen LogP contribution in [0, 0.1) is 10.1 Å². The predicted octanol–water partition coefficient (Wildman–Crippen LogP) is 4.42. The van der Waals surface area contributed by atoms with Crippen LogP contribution < -0.4 is 4.72 Å². The van der Waals surface area contributed by atoms with E-state index in [9.17, 15) is 23.6 Å². The molecule has 0 saturated heterocycles. The second-order valence-corrected chi connectivity index (χ2v) is 15.5. The minimum atomic E-state index is -4.20. The van der Waals surface area contributed by atoms with Gasteiger partial charge in [0, 0.05) is 12.1 Å². The zero-order valence-corrected chi connectivity index (χ0v) is 21.9. The summed E-state index contributed by atoms with van der Waals surface area (Å²) in [7, 11) is -6.36. The molecule has 0 aliphatic heterocycles. The van der Waals surface area contributed by atoms with Gasteiger partial charge in [-0.15, -0.1) is 0 Å². The molecule has 3 aromatic rings. The van der Waals surface area contributed by atoms with Crippen molar-refractivity contribution in [3.8, 4) is 0 Å². The second-order valence-electron chi connectivity index (χ2n) is 9.28. The van der Waals surface area contributed by atoms with E-state index in [2.05, 4.69) is 4.72 Å². The Morgan fingerprint density at radius 3 is 1.77 bits per heavy atom. The van der Waals surface area contributed by atoms with E-state index in [4.69, 9.17) is 4.43 Å². The van der Waals surface area contributed by atoms with Crippen LogP contribution in [0.2, 0.25) is 19.6 Å². The number of benzene rings is 3. The van der Waals surface area contributed by atoms with Crippen LogP contribution >= 0.6 is 0 Å². The Labute approximate surface area is 206 Å². The van der Waals surface area contributed by atoms with E-state index in [0.717, 1.165) is 12.1 Å². The number of sulfonamides is 1. The first kappa shape index (κ1) is 26.7. The van der Waals surface area contributed by atoms with Gasteiger partial charge in [-0.25, -0.2) is 13.1 Å². The molecule has 0 spiro atoms. The number of non-ortho nitro benzene ring substituents is 1. The lowest BCUT2D eigenvalue weighted by molar-refractivity contribution is -0.384. The molecule has 8 nitrogen and oxygen atoms in total. The van der Waals surface area contributed by atoms with Crippen molar-refractivity contribution >= 4 is 24.0 Å². The number of nitrogens with one attached hydrogen (secondary N) is 1. The van der Waals surface area contributed by atoms with Crippen molar-refractivity contribution < 1.29 is 22.9 Å². The summed E-state index contributed by atoms with van der Waals surface area (Å²) in [4.78, 5) is 10.2. The fraction of sp³-hybridized carbons (Fsp3) is 0.280. The zero-order valence-electron chi connectivity index (χ0n) is 20.1. The minimum Gasteiger partial charge on any atom is -0.413 e. The average molecular weight is 515 g/mol. The quantitative estimate of drug-likeness (QED) is 0.235. The highest BCUT2D eigenvalue weighted by Crippen LogP contribution is 2.36. The summed E-state index contributed by atoms with van der Waals surface area (Å²) in [6.45, 7) is 7.68. The molecule has 0 saturated carbocycles. The van der Waals surface area contributed by atoms with Crippen molar-refractivity contribution in [1.82, 2.24) is 4.72 Å². The molecule has 0 fully saturated rings. The van der Waals surface area contributed by atoms with Gasteiger partial charge in [0.1, 0.15) is 5.60 Å². The number of aliphatic hydroxyl groups is 1. The average Bonchev–Trinajstić information content (AvgIpc) is 2.82. The summed E-state index contributed by atoms with van der Waals surface area (Å²) in [6.07, 6.45) is -0.722. The molecule has 0 heterocycles. The van der Waals surface area contributed by atoms with Crippen LogP contribution in [0.15, 0.2) is 89.8 Å². The number of nitrogens with zero attached hydrogens (tertiary/aromatic N) is 1. The molecule has 2 atom stereocenters. The van der Waals surface area contributed by atoms with E-state index < -0.39 is 41.0 Å². The summed E-state index contributed by atoms with van der Waals surface area (Å²) in [5.74, 6) is 0. The lowest BCUT2D eigenvalue weighted by atomic mass is 9.78.